The zero-order chi connectivity index (χ0) is 22.7. The molecule has 0 atom stereocenters. The predicted molar refractivity (Wildman–Crippen MR) is 116 cm³/mol. The second kappa shape index (κ2) is 8.78. The average Bonchev–Trinajstić information content (AvgIpc) is 2.85. The fraction of sp³-hybridized carbons (Fsp3) is 0.167. The molecule has 8 heteroatoms. The van der Waals surface area contributed by atoms with E-state index in [-0.39, 0.29) is 30.7 Å². The number of aromatic nitrogens is 1. The Morgan fingerprint density at radius 2 is 1.84 bits per heavy atom. The van der Waals surface area contributed by atoms with Crippen LogP contribution in [0.5, 0.6) is 17.2 Å². The number of Topliss-reactive ketones (excluding diaryl/α,β-unsaturated/α-hetero) is 1. The Morgan fingerprint density at radius 3 is 2.53 bits per heavy atom. The van der Waals surface area contributed by atoms with Gasteiger partial charge >= 0.3 is 0 Å². The lowest BCUT2D eigenvalue weighted by Crippen LogP contribution is -2.42. The van der Waals surface area contributed by atoms with Gasteiger partial charge in [0.15, 0.2) is 35.5 Å². The van der Waals surface area contributed by atoms with Gasteiger partial charge in [0.2, 0.25) is 0 Å². The van der Waals surface area contributed by atoms with E-state index in [1.807, 2.05) is 12.1 Å². The van der Waals surface area contributed by atoms with Crippen molar-refractivity contribution in [2.24, 2.45) is 0 Å². The molecule has 0 unspecified atom stereocenters. The maximum absolute atomic E-state index is 12.8. The molecule has 0 spiro atoms. The molecule has 4 rings (SSSR count). The third-order valence-corrected chi connectivity index (χ3v) is 5.06. The fourth-order valence-electron chi connectivity index (χ4n) is 3.36. The predicted octanol–water partition coefficient (Wildman–Crippen LogP) is 3.25. The van der Waals surface area contributed by atoms with Gasteiger partial charge in [-0.15, -0.1) is 0 Å². The number of carbonyl (C=O) groups is 2. The minimum atomic E-state index is -0.364. The number of amides is 1. The monoisotopic (exact) mass is 429 g/mol. The van der Waals surface area contributed by atoms with E-state index >= 15 is 0 Å². The zero-order valence-electron chi connectivity index (χ0n) is 17.5. The number of ether oxygens (including phenoxy) is 3. The van der Waals surface area contributed by atoms with Crippen LogP contribution in [0, 0.1) is 11.3 Å². The van der Waals surface area contributed by atoms with Crippen LogP contribution in [0.2, 0.25) is 0 Å². The molecule has 0 N–H and O–H groups in total. The van der Waals surface area contributed by atoms with E-state index in [0.717, 1.165) is 5.56 Å². The highest BCUT2D eigenvalue weighted by Crippen LogP contribution is 2.36. The Hall–Kier alpha value is -4.38. The van der Waals surface area contributed by atoms with Gasteiger partial charge in [-0.1, -0.05) is 12.1 Å². The van der Waals surface area contributed by atoms with Gasteiger partial charge in [0.25, 0.3) is 5.91 Å². The van der Waals surface area contributed by atoms with Crippen LogP contribution in [-0.4, -0.2) is 44.0 Å². The molecule has 160 valence electrons. The number of methoxy groups -OCH3 is 2. The molecule has 0 aliphatic carbocycles. The van der Waals surface area contributed by atoms with E-state index in [0.29, 0.717) is 34.1 Å². The van der Waals surface area contributed by atoms with Gasteiger partial charge in [-0.25, -0.2) is 4.98 Å². The molecule has 1 aliphatic rings. The summed E-state index contributed by atoms with van der Waals surface area (Å²) < 4.78 is 16.1. The first-order valence-electron chi connectivity index (χ1n) is 9.74. The maximum atomic E-state index is 12.8. The molecule has 0 bridgehead atoms. The molecule has 1 aliphatic heterocycles. The van der Waals surface area contributed by atoms with Gasteiger partial charge in [0.05, 0.1) is 38.1 Å². The summed E-state index contributed by atoms with van der Waals surface area (Å²) in [5, 5.41) is 8.93. The summed E-state index contributed by atoms with van der Waals surface area (Å²) in [6, 6.07) is 17.2. The molecule has 0 saturated carbocycles. The Bertz CT molecular complexity index is 1230. The van der Waals surface area contributed by atoms with Crippen molar-refractivity contribution in [2.45, 2.75) is 0 Å². The molecule has 0 saturated heterocycles. The van der Waals surface area contributed by atoms with E-state index < -0.39 is 0 Å². The SMILES string of the molecule is COc1ccc(-c2ccc3c(n2)N(CC(=O)c2ccc(C#N)cc2)C(=O)CO3)cc1OC. The first-order chi connectivity index (χ1) is 15.5. The van der Waals surface area contributed by atoms with Crippen molar-refractivity contribution in [3.8, 4) is 34.6 Å². The lowest BCUT2D eigenvalue weighted by Gasteiger charge is -2.28. The lowest BCUT2D eigenvalue weighted by molar-refractivity contribution is -0.121. The number of ketones is 1. The average molecular weight is 429 g/mol. The van der Waals surface area contributed by atoms with Crippen molar-refractivity contribution < 1.29 is 23.8 Å². The normalized spacial score (nSPS) is 12.4. The smallest absolute Gasteiger partial charge is 0.266 e. The van der Waals surface area contributed by atoms with E-state index in [9.17, 15) is 9.59 Å². The second-order valence-electron chi connectivity index (χ2n) is 6.97. The first kappa shape index (κ1) is 20.9. The van der Waals surface area contributed by atoms with E-state index in [4.69, 9.17) is 19.5 Å². The number of carbonyl (C=O) groups excluding carboxylic acids is 2. The number of benzene rings is 2. The van der Waals surface area contributed by atoms with Crippen LogP contribution in [0.15, 0.2) is 54.6 Å². The molecule has 0 fully saturated rings. The molecular formula is C24H19N3O5. The summed E-state index contributed by atoms with van der Waals surface area (Å²) >= 11 is 0. The molecule has 1 aromatic heterocycles. The number of nitriles is 1. The molecule has 1 amide bonds. The molecule has 32 heavy (non-hydrogen) atoms. The summed E-state index contributed by atoms with van der Waals surface area (Å²) in [6.45, 7) is -0.367. The van der Waals surface area contributed by atoms with Crippen molar-refractivity contribution >= 4 is 17.5 Å². The highest BCUT2D eigenvalue weighted by molar-refractivity contribution is 6.06. The highest BCUT2D eigenvalue weighted by Gasteiger charge is 2.29. The van der Waals surface area contributed by atoms with E-state index in [1.165, 1.54) is 4.90 Å². The Morgan fingerprint density at radius 1 is 1.09 bits per heavy atom. The highest BCUT2D eigenvalue weighted by atomic mass is 16.5. The third kappa shape index (κ3) is 3.96. The lowest BCUT2D eigenvalue weighted by atomic mass is 10.1. The number of fused-ring (bicyclic) bond motifs is 1. The maximum Gasteiger partial charge on any atom is 0.266 e. The van der Waals surface area contributed by atoms with Crippen molar-refractivity contribution in [3.63, 3.8) is 0 Å². The minimum absolute atomic E-state index is 0.176. The molecule has 2 aromatic carbocycles. The Labute approximate surface area is 184 Å². The van der Waals surface area contributed by atoms with Gasteiger partial charge in [0.1, 0.15) is 0 Å². The van der Waals surface area contributed by atoms with E-state index in [1.54, 1.807) is 62.8 Å². The second-order valence-corrected chi connectivity index (χ2v) is 6.97. The molecule has 0 radical (unpaired) electrons. The topological polar surface area (TPSA) is 102 Å². The first-order valence-corrected chi connectivity index (χ1v) is 9.74. The van der Waals surface area contributed by atoms with Gasteiger partial charge < -0.3 is 14.2 Å². The van der Waals surface area contributed by atoms with Crippen LogP contribution in [-0.2, 0) is 4.79 Å². The number of pyridine rings is 1. The van der Waals surface area contributed by atoms with Crippen LogP contribution in [0.4, 0.5) is 5.82 Å². The van der Waals surface area contributed by atoms with Crippen LogP contribution in [0.3, 0.4) is 0 Å². The minimum Gasteiger partial charge on any atom is -0.493 e. The third-order valence-electron chi connectivity index (χ3n) is 5.06. The van der Waals surface area contributed by atoms with Gasteiger partial charge in [0, 0.05) is 11.1 Å². The summed E-state index contributed by atoms with van der Waals surface area (Å²) in [5.41, 5.74) is 2.19. The summed E-state index contributed by atoms with van der Waals surface area (Å²) in [5.74, 6) is 1.19. The van der Waals surface area contributed by atoms with Crippen molar-refractivity contribution in [2.75, 3.05) is 32.3 Å². The van der Waals surface area contributed by atoms with Crippen LogP contribution < -0.4 is 19.1 Å². The molecule has 8 nitrogen and oxygen atoms in total. The summed E-state index contributed by atoms with van der Waals surface area (Å²) in [4.78, 5) is 31.3. The van der Waals surface area contributed by atoms with Crippen LogP contribution in [0.25, 0.3) is 11.3 Å². The van der Waals surface area contributed by atoms with Crippen molar-refractivity contribution in [1.29, 1.82) is 5.26 Å². The molecule has 2 heterocycles. The van der Waals surface area contributed by atoms with Crippen LogP contribution >= 0.6 is 0 Å². The summed E-state index contributed by atoms with van der Waals surface area (Å²) in [6.07, 6.45) is 0. The number of hydrogen-bond donors (Lipinski definition) is 0. The van der Waals surface area contributed by atoms with Gasteiger partial charge in [-0.2, -0.15) is 5.26 Å². The van der Waals surface area contributed by atoms with Crippen molar-refractivity contribution in [1.82, 2.24) is 4.98 Å². The molecule has 3 aromatic rings. The Balaban J connectivity index is 1.66. The standard InChI is InChI=1S/C24H19N3O5/c1-30-20-9-7-17(11-22(20)31-2)18-8-10-21-24(26-18)27(23(29)14-32-21)13-19(28)16-5-3-15(12-25)4-6-16/h3-11H,13-14H2,1-2H3. The van der Waals surface area contributed by atoms with E-state index in [2.05, 4.69) is 4.98 Å². The van der Waals surface area contributed by atoms with Gasteiger partial charge in [-0.05, 0) is 42.5 Å². The largest absolute Gasteiger partial charge is 0.493 e. The summed E-state index contributed by atoms with van der Waals surface area (Å²) in [7, 11) is 3.10. The number of nitrogens with zero attached hydrogens (tertiary/aromatic N) is 3. The fourth-order valence-corrected chi connectivity index (χ4v) is 3.36. The number of hydrogen-bond acceptors (Lipinski definition) is 7. The van der Waals surface area contributed by atoms with Gasteiger partial charge in [-0.3, -0.25) is 14.5 Å². The number of anilines is 1. The van der Waals surface area contributed by atoms with Crippen LogP contribution in [0.1, 0.15) is 15.9 Å². The quantitative estimate of drug-likeness (QED) is 0.554. The molecular weight excluding hydrogens is 410 g/mol. The zero-order valence-corrected chi connectivity index (χ0v) is 17.5. The van der Waals surface area contributed by atoms with Crippen molar-refractivity contribution in [3.05, 3.63) is 65.7 Å². The Kier molecular flexibility index (Phi) is 5.73. The number of rotatable bonds is 6.